The Kier molecular flexibility index (Phi) is 4.88. The van der Waals surface area contributed by atoms with Gasteiger partial charge in [0.15, 0.2) is 0 Å². The summed E-state index contributed by atoms with van der Waals surface area (Å²) >= 11 is 0. The van der Waals surface area contributed by atoms with Gasteiger partial charge in [-0.05, 0) is 24.7 Å². The number of aliphatic hydroxyl groups is 1. The van der Waals surface area contributed by atoms with Gasteiger partial charge in [0.2, 0.25) is 0 Å². The van der Waals surface area contributed by atoms with Gasteiger partial charge in [0.1, 0.15) is 0 Å². The summed E-state index contributed by atoms with van der Waals surface area (Å²) in [5, 5.41) is 12.1. The first kappa shape index (κ1) is 12.3. The van der Waals surface area contributed by atoms with E-state index in [0.29, 0.717) is 18.4 Å². The van der Waals surface area contributed by atoms with E-state index in [4.69, 9.17) is 0 Å². The first-order valence-corrected chi connectivity index (χ1v) is 5.71. The van der Waals surface area contributed by atoms with Crippen LogP contribution in [0.3, 0.4) is 0 Å². The number of rotatable bonds is 3. The van der Waals surface area contributed by atoms with Crippen LogP contribution >= 0.6 is 0 Å². The summed E-state index contributed by atoms with van der Waals surface area (Å²) in [6, 6.07) is -0.0442. The maximum absolute atomic E-state index is 11.3. The van der Waals surface area contributed by atoms with Crippen molar-refractivity contribution < 1.29 is 9.90 Å². The molecule has 1 fully saturated rings. The smallest absolute Gasteiger partial charge is 0.316 e. The molecule has 0 bridgehead atoms. The number of carbonyl (C=O) groups is 1. The van der Waals surface area contributed by atoms with Gasteiger partial charge in [-0.2, -0.15) is 0 Å². The molecule has 0 heterocycles. The Morgan fingerprint density at radius 1 is 1.33 bits per heavy atom. The highest BCUT2D eigenvalue weighted by atomic mass is 16.3. The van der Waals surface area contributed by atoms with Crippen LogP contribution in [0, 0.1) is 11.8 Å². The average Bonchev–Trinajstić information content (AvgIpc) is 2.26. The number of urea groups is 1. The van der Waals surface area contributed by atoms with Crippen LogP contribution in [0.5, 0.6) is 0 Å². The molecule has 0 aromatic heterocycles. The van der Waals surface area contributed by atoms with Crippen molar-refractivity contribution in [2.45, 2.75) is 25.7 Å². The zero-order valence-corrected chi connectivity index (χ0v) is 9.70. The molecule has 2 N–H and O–H groups in total. The van der Waals surface area contributed by atoms with Crippen molar-refractivity contribution in [2.75, 3.05) is 27.2 Å². The van der Waals surface area contributed by atoms with Gasteiger partial charge in [0, 0.05) is 27.2 Å². The molecule has 0 spiro atoms. The topological polar surface area (TPSA) is 52.6 Å². The average molecular weight is 214 g/mol. The van der Waals surface area contributed by atoms with E-state index in [1.165, 1.54) is 17.7 Å². The van der Waals surface area contributed by atoms with Crippen molar-refractivity contribution in [1.29, 1.82) is 0 Å². The number of aliphatic hydroxyl groups excluding tert-OH is 1. The summed E-state index contributed by atoms with van der Waals surface area (Å²) in [5.41, 5.74) is 0. The highest BCUT2D eigenvalue weighted by Crippen LogP contribution is 2.28. The molecule has 4 heteroatoms. The molecular weight excluding hydrogens is 192 g/mol. The second kappa shape index (κ2) is 5.95. The van der Waals surface area contributed by atoms with Crippen LogP contribution in [0.25, 0.3) is 0 Å². The molecule has 2 unspecified atom stereocenters. The summed E-state index contributed by atoms with van der Waals surface area (Å²) < 4.78 is 0. The number of hydrogen-bond donors (Lipinski definition) is 2. The number of amides is 2. The molecule has 0 aromatic carbocycles. The van der Waals surface area contributed by atoms with Gasteiger partial charge < -0.3 is 15.3 Å². The molecule has 88 valence electrons. The standard InChI is InChI=1S/C11H22N2O2/c1-13(2)11(15)12-7-9-5-3-4-6-10(9)8-14/h9-10,14H,3-8H2,1-2H3,(H,12,15). The Morgan fingerprint density at radius 2 is 1.93 bits per heavy atom. The predicted octanol–water partition coefficient (Wildman–Crippen LogP) is 1.06. The van der Waals surface area contributed by atoms with E-state index in [0.717, 1.165) is 12.8 Å². The lowest BCUT2D eigenvalue weighted by molar-refractivity contribution is 0.132. The zero-order chi connectivity index (χ0) is 11.3. The third kappa shape index (κ3) is 3.70. The maximum Gasteiger partial charge on any atom is 0.316 e. The van der Waals surface area contributed by atoms with Gasteiger partial charge >= 0.3 is 6.03 Å². The van der Waals surface area contributed by atoms with Crippen LogP contribution in [-0.2, 0) is 0 Å². The van der Waals surface area contributed by atoms with Crippen molar-refractivity contribution in [1.82, 2.24) is 10.2 Å². The van der Waals surface area contributed by atoms with Gasteiger partial charge in [-0.1, -0.05) is 12.8 Å². The summed E-state index contributed by atoms with van der Waals surface area (Å²) in [4.78, 5) is 12.9. The molecule has 1 aliphatic carbocycles. The van der Waals surface area contributed by atoms with E-state index in [1.807, 2.05) is 0 Å². The van der Waals surface area contributed by atoms with E-state index >= 15 is 0 Å². The minimum atomic E-state index is -0.0442. The fourth-order valence-corrected chi connectivity index (χ4v) is 2.17. The van der Waals surface area contributed by atoms with Crippen LogP contribution in [0.1, 0.15) is 25.7 Å². The van der Waals surface area contributed by atoms with Gasteiger partial charge in [-0.25, -0.2) is 4.79 Å². The molecule has 1 rings (SSSR count). The van der Waals surface area contributed by atoms with E-state index < -0.39 is 0 Å². The molecule has 1 aliphatic rings. The van der Waals surface area contributed by atoms with Gasteiger partial charge in [-0.15, -0.1) is 0 Å². The molecule has 1 saturated carbocycles. The predicted molar refractivity (Wildman–Crippen MR) is 59.6 cm³/mol. The largest absolute Gasteiger partial charge is 0.396 e. The molecule has 0 aliphatic heterocycles. The minimum absolute atomic E-state index is 0.0442. The third-order valence-corrected chi connectivity index (χ3v) is 3.22. The summed E-state index contributed by atoms with van der Waals surface area (Å²) in [5.74, 6) is 0.828. The SMILES string of the molecule is CN(C)C(=O)NCC1CCCCC1CO. The molecule has 2 amide bonds. The van der Waals surface area contributed by atoms with Crippen molar-refractivity contribution in [3.8, 4) is 0 Å². The van der Waals surface area contributed by atoms with Gasteiger partial charge in [0.05, 0.1) is 0 Å². The van der Waals surface area contributed by atoms with Crippen molar-refractivity contribution >= 4 is 6.03 Å². The summed E-state index contributed by atoms with van der Waals surface area (Å²) in [6.07, 6.45) is 4.65. The van der Waals surface area contributed by atoms with Crippen LogP contribution < -0.4 is 5.32 Å². The van der Waals surface area contributed by atoms with Crippen LogP contribution in [0.4, 0.5) is 4.79 Å². The molecule has 0 aromatic rings. The lowest BCUT2D eigenvalue weighted by atomic mass is 9.80. The Bertz CT molecular complexity index is 207. The molecule has 0 radical (unpaired) electrons. The lowest BCUT2D eigenvalue weighted by Crippen LogP contribution is -2.40. The van der Waals surface area contributed by atoms with Crippen LogP contribution in [0.2, 0.25) is 0 Å². The number of nitrogens with zero attached hydrogens (tertiary/aromatic N) is 1. The number of nitrogens with one attached hydrogen (secondary N) is 1. The number of carbonyl (C=O) groups excluding carboxylic acids is 1. The molecule has 0 saturated heterocycles. The molecule has 4 nitrogen and oxygen atoms in total. The maximum atomic E-state index is 11.3. The molecule has 15 heavy (non-hydrogen) atoms. The second-order valence-corrected chi connectivity index (χ2v) is 4.57. The fraction of sp³-hybridized carbons (Fsp3) is 0.909. The van der Waals surface area contributed by atoms with E-state index in [-0.39, 0.29) is 12.6 Å². The Balaban J connectivity index is 2.32. The van der Waals surface area contributed by atoms with Gasteiger partial charge in [-0.3, -0.25) is 0 Å². The van der Waals surface area contributed by atoms with E-state index in [2.05, 4.69) is 5.32 Å². The Morgan fingerprint density at radius 3 is 2.47 bits per heavy atom. The molecule has 2 atom stereocenters. The fourth-order valence-electron chi connectivity index (χ4n) is 2.17. The Labute approximate surface area is 91.6 Å². The normalized spacial score (nSPS) is 26.1. The van der Waals surface area contributed by atoms with Crippen LogP contribution in [0.15, 0.2) is 0 Å². The highest BCUT2D eigenvalue weighted by molar-refractivity contribution is 5.73. The van der Waals surface area contributed by atoms with Crippen molar-refractivity contribution in [2.24, 2.45) is 11.8 Å². The van der Waals surface area contributed by atoms with Gasteiger partial charge in [0.25, 0.3) is 0 Å². The lowest BCUT2D eigenvalue weighted by Gasteiger charge is -2.30. The van der Waals surface area contributed by atoms with Crippen molar-refractivity contribution in [3.63, 3.8) is 0 Å². The summed E-state index contributed by atoms with van der Waals surface area (Å²) in [7, 11) is 3.47. The zero-order valence-electron chi connectivity index (χ0n) is 9.70. The third-order valence-electron chi connectivity index (χ3n) is 3.22. The first-order valence-electron chi connectivity index (χ1n) is 5.71. The minimum Gasteiger partial charge on any atom is -0.396 e. The first-order chi connectivity index (χ1) is 7.15. The molecular formula is C11H22N2O2. The van der Waals surface area contributed by atoms with E-state index in [1.54, 1.807) is 14.1 Å². The number of hydrogen-bond acceptors (Lipinski definition) is 2. The van der Waals surface area contributed by atoms with Crippen LogP contribution in [-0.4, -0.2) is 43.3 Å². The monoisotopic (exact) mass is 214 g/mol. The quantitative estimate of drug-likeness (QED) is 0.738. The highest BCUT2D eigenvalue weighted by Gasteiger charge is 2.24. The Hall–Kier alpha value is -0.770. The van der Waals surface area contributed by atoms with E-state index in [9.17, 15) is 9.90 Å². The second-order valence-electron chi connectivity index (χ2n) is 4.57. The summed E-state index contributed by atoms with van der Waals surface area (Å²) in [6.45, 7) is 0.949. The van der Waals surface area contributed by atoms with Crippen molar-refractivity contribution in [3.05, 3.63) is 0 Å².